The molecule has 8 nitrogen and oxygen atoms in total. The molecule has 3 rings (SSSR count). The van der Waals surface area contributed by atoms with Crippen molar-refractivity contribution in [1.82, 2.24) is 9.13 Å². The summed E-state index contributed by atoms with van der Waals surface area (Å²) < 4.78 is 13.7. The molecule has 0 fully saturated rings. The molecule has 0 spiro atoms. The number of fused-ring (bicyclic) bond motifs is 1. The van der Waals surface area contributed by atoms with Gasteiger partial charge in [-0.1, -0.05) is 24.1 Å². The number of imidazole rings is 1. The van der Waals surface area contributed by atoms with Crippen LogP contribution in [0.5, 0.6) is 5.75 Å². The fourth-order valence-corrected chi connectivity index (χ4v) is 4.21. The van der Waals surface area contributed by atoms with Crippen molar-refractivity contribution in [3.05, 3.63) is 63.0 Å². The average molecular weight is 481 g/mol. The molecular weight excluding hydrogens is 456 g/mol. The lowest BCUT2D eigenvalue weighted by Crippen LogP contribution is -2.30. The quantitative estimate of drug-likeness (QED) is 0.310. The van der Waals surface area contributed by atoms with Gasteiger partial charge in [0, 0.05) is 13.3 Å². The number of esters is 1. The highest BCUT2D eigenvalue weighted by molar-refractivity contribution is 6.32. The molecule has 0 aliphatic rings. The highest BCUT2D eigenvalue weighted by atomic mass is 35.5. The summed E-state index contributed by atoms with van der Waals surface area (Å²) in [4.78, 5) is 25.2. The van der Waals surface area contributed by atoms with Crippen LogP contribution in [0.15, 0.2) is 41.2 Å². The number of ether oxygens (including phenoxy) is 2. The number of carbonyl (C=O) groups is 1. The largest absolute Gasteiger partial charge is 0.495 e. The van der Waals surface area contributed by atoms with E-state index < -0.39 is 12.0 Å². The maximum Gasteiger partial charge on any atom is 0.329 e. The molecule has 1 aromatic heterocycles. The van der Waals surface area contributed by atoms with Crippen LogP contribution in [0.4, 0.5) is 0 Å². The van der Waals surface area contributed by atoms with Crippen LogP contribution in [0.2, 0.25) is 5.02 Å². The van der Waals surface area contributed by atoms with Crippen LogP contribution in [-0.4, -0.2) is 28.8 Å². The highest BCUT2D eigenvalue weighted by Gasteiger charge is 2.22. The van der Waals surface area contributed by atoms with Gasteiger partial charge in [0.2, 0.25) is 0 Å². The number of unbranched alkanes of at least 4 members (excludes halogenated alkanes) is 2. The molecular formula is C25H25ClN4O4. The Balaban J connectivity index is 2.10. The van der Waals surface area contributed by atoms with Gasteiger partial charge in [-0.25, -0.2) is 4.79 Å². The molecule has 0 saturated carbocycles. The lowest BCUT2D eigenvalue weighted by atomic mass is 10.1. The molecule has 34 heavy (non-hydrogen) atoms. The van der Waals surface area contributed by atoms with Gasteiger partial charge >= 0.3 is 11.7 Å². The first kappa shape index (κ1) is 24.9. The second-order valence-corrected chi connectivity index (χ2v) is 8.29. The Kier molecular flexibility index (Phi) is 8.34. The van der Waals surface area contributed by atoms with E-state index in [0.29, 0.717) is 53.1 Å². The standard InChI is InChI=1S/C25H25ClN4O4/c1-17(31)34-16-20(6-4-3-5-11-27)30-22-9-7-18(14-28)13-23(22)29(25(30)32)15-19-8-10-24(33-2)21(26)12-19/h7-10,12-13,20H,3-6,15-16H2,1-2H3. The van der Waals surface area contributed by atoms with Crippen molar-refractivity contribution in [2.24, 2.45) is 0 Å². The minimum Gasteiger partial charge on any atom is -0.495 e. The summed E-state index contributed by atoms with van der Waals surface area (Å²) in [6, 6.07) is 14.2. The zero-order chi connectivity index (χ0) is 24.7. The Bertz CT molecular complexity index is 1330. The predicted molar refractivity (Wildman–Crippen MR) is 128 cm³/mol. The van der Waals surface area contributed by atoms with Gasteiger partial charge < -0.3 is 9.47 Å². The van der Waals surface area contributed by atoms with Gasteiger partial charge in [0.1, 0.15) is 12.4 Å². The van der Waals surface area contributed by atoms with Gasteiger partial charge in [-0.3, -0.25) is 13.9 Å². The van der Waals surface area contributed by atoms with Crippen molar-refractivity contribution in [3.8, 4) is 17.9 Å². The molecule has 0 saturated heterocycles. The normalized spacial score (nSPS) is 11.6. The molecule has 9 heteroatoms. The third kappa shape index (κ3) is 5.59. The van der Waals surface area contributed by atoms with Crippen LogP contribution in [0.1, 0.15) is 49.8 Å². The number of hydrogen-bond acceptors (Lipinski definition) is 6. The van der Waals surface area contributed by atoms with Crippen molar-refractivity contribution >= 4 is 28.6 Å². The molecule has 0 radical (unpaired) electrons. The highest BCUT2D eigenvalue weighted by Crippen LogP contribution is 2.27. The summed E-state index contributed by atoms with van der Waals surface area (Å²) in [7, 11) is 1.53. The summed E-state index contributed by atoms with van der Waals surface area (Å²) in [5.41, 5.74) is 2.17. The molecule has 0 aliphatic carbocycles. The monoisotopic (exact) mass is 480 g/mol. The number of methoxy groups -OCH3 is 1. The molecule has 1 atom stereocenters. The Morgan fingerprint density at radius 3 is 2.59 bits per heavy atom. The summed E-state index contributed by atoms with van der Waals surface area (Å²) in [6.45, 7) is 1.59. The Hall–Kier alpha value is -3.75. The van der Waals surface area contributed by atoms with Crippen LogP contribution in [0.3, 0.4) is 0 Å². The van der Waals surface area contributed by atoms with E-state index in [1.54, 1.807) is 39.5 Å². The number of nitrogens with zero attached hydrogens (tertiary/aromatic N) is 4. The van der Waals surface area contributed by atoms with E-state index in [9.17, 15) is 14.9 Å². The summed E-state index contributed by atoms with van der Waals surface area (Å²) >= 11 is 6.28. The van der Waals surface area contributed by atoms with E-state index in [1.165, 1.54) is 14.0 Å². The molecule has 0 amide bonds. The van der Waals surface area contributed by atoms with E-state index in [2.05, 4.69) is 12.1 Å². The van der Waals surface area contributed by atoms with Crippen LogP contribution in [-0.2, 0) is 16.1 Å². The van der Waals surface area contributed by atoms with Gasteiger partial charge in [-0.15, -0.1) is 0 Å². The zero-order valence-electron chi connectivity index (χ0n) is 19.1. The van der Waals surface area contributed by atoms with E-state index in [0.717, 1.165) is 5.56 Å². The van der Waals surface area contributed by atoms with Gasteiger partial charge in [0.15, 0.2) is 0 Å². The summed E-state index contributed by atoms with van der Waals surface area (Å²) in [5, 5.41) is 18.7. The molecule has 0 aliphatic heterocycles. The van der Waals surface area contributed by atoms with Crippen molar-refractivity contribution in [3.63, 3.8) is 0 Å². The molecule has 176 valence electrons. The van der Waals surface area contributed by atoms with Gasteiger partial charge in [-0.2, -0.15) is 10.5 Å². The van der Waals surface area contributed by atoms with Gasteiger partial charge in [-0.05, 0) is 48.7 Å². The first-order valence-corrected chi connectivity index (χ1v) is 11.2. The van der Waals surface area contributed by atoms with Gasteiger partial charge in [0.05, 0.1) is 53.5 Å². The fraction of sp³-hybridized carbons (Fsp3) is 0.360. The zero-order valence-corrected chi connectivity index (χ0v) is 19.8. The second kappa shape index (κ2) is 11.4. The second-order valence-electron chi connectivity index (χ2n) is 7.88. The Labute approximate surface area is 202 Å². The van der Waals surface area contributed by atoms with E-state index in [4.69, 9.17) is 26.3 Å². The number of benzene rings is 2. The van der Waals surface area contributed by atoms with E-state index >= 15 is 0 Å². The van der Waals surface area contributed by atoms with Crippen molar-refractivity contribution in [1.29, 1.82) is 10.5 Å². The predicted octanol–water partition coefficient (Wildman–Crippen LogP) is 4.57. The van der Waals surface area contributed by atoms with Crippen LogP contribution in [0.25, 0.3) is 11.0 Å². The lowest BCUT2D eigenvalue weighted by molar-refractivity contribution is -0.142. The first-order chi connectivity index (χ1) is 16.4. The van der Waals surface area contributed by atoms with Crippen molar-refractivity contribution in [2.75, 3.05) is 13.7 Å². The number of nitriles is 2. The molecule has 2 aromatic carbocycles. The molecule has 1 unspecified atom stereocenters. The third-order valence-electron chi connectivity index (χ3n) is 5.57. The van der Waals surface area contributed by atoms with Crippen LogP contribution in [0, 0.1) is 22.7 Å². The SMILES string of the molecule is COc1ccc(Cn2c(=O)n(C(CCCCC#N)COC(C)=O)c3ccc(C#N)cc32)cc1Cl. The number of carbonyl (C=O) groups excluding carboxylic acids is 1. The molecule has 0 N–H and O–H groups in total. The van der Waals surface area contributed by atoms with Crippen molar-refractivity contribution < 1.29 is 14.3 Å². The number of rotatable bonds is 10. The molecule has 3 aromatic rings. The topological polar surface area (TPSA) is 110 Å². The molecule has 0 bridgehead atoms. The number of halogens is 1. The average Bonchev–Trinajstić information content (AvgIpc) is 3.09. The minimum atomic E-state index is -0.432. The Morgan fingerprint density at radius 1 is 1.15 bits per heavy atom. The Morgan fingerprint density at radius 2 is 1.94 bits per heavy atom. The smallest absolute Gasteiger partial charge is 0.329 e. The maximum atomic E-state index is 13.7. The number of aromatic nitrogens is 2. The van der Waals surface area contributed by atoms with E-state index in [-0.39, 0.29) is 18.8 Å². The van der Waals surface area contributed by atoms with Crippen LogP contribution >= 0.6 is 11.6 Å². The first-order valence-electron chi connectivity index (χ1n) is 10.9. The maximum absolute atomic E-state index is 13.7. The van der Waals surface area contributed by atoms with Gasteiger partial charge in [0.25, 0.3) is 0 Å². The van der Waals surface area contributed by atoms with E-state index in [1.807, 2.05) is 6.07 Å². The van der Waals surface area contributed by atoms with Crippen molar-refractivity contribution in [2.45, 2.75) is 45.2 Å². The fourth-order valence-electron chi connectivity index (χ4n) is 3.93. The lowest BCUT2D eigenvalue weighted by Gasteiger charge is -2.18. The molecule has 1 heterocycles. The number of hydrogen-bond donors (Lipinski definition) is 0. The third-order valence-corrected chi connectivity index (χ3v) is 5.86. The minimum absolute atomic E-state index is 0.0370. The van der Waals surface area contributed by atoms with Crippen LogP contribution < -0.4 is 10.4 Å². The summed E-state index contributed by atoms with van der Waals surface area (Å²) in [6.07, 6.45) is 2.36. The summed E-state index contributed by atoms with van der Waals surface area (Å²) in [5.74, 6) is 0.101.